The van der Waals surface area contributed by atoms with Gasteiger partial charge in [-0.1, -0.05) is 0 Å². The second kappa shape index (κ2) is 3.69. The summed E-state index contributed by atoms with van der Waals surface area (Å²) in [5.41, 5.74) is 0. The number of piperidine rings is 1. The summed E-state index contributed by atoms with van der Waals surface area (Å²) in [5, 5.41) is 12.3. The molecule has 1 rings (SSSR count). The summed E-state index contributed by atoms with van der Waals surface area (Å²) in [6, 6.07) is 0. The van der Waals surface area contributed by atoms with E-state index in [1.807, 2.05) is 0 Å². The number of carbonyl (C=O) groups excluding carboxylic acids is 1. The van der Waals surface area contributed by atoms with E-state index in [0.29, 0.717) is 13.0 Å². The number of aliphatic hydroxyl groups is 1. The highest BCUT2D eigenvalue weighted by atomic mass is 16.5. The van der Waals surface area contributed by atoms with E-state index in [2.05, 4.69) is 10.1 Å². The highest BCUT2D eigenvalue weighted by molar-refractivity contribution is 5.73. The zero-order chi connectivity index (χ0) is 8.27. The SMILES string of the molecule is COC(=O)C1CCNCC1O. The molecule has 11 heavy (non-hydrogen) atoms. The first-order valence-electron chi connectivity index (χ1n) is 3.72. The Labute approximate surface area is 65.5 Å². The van der Waals surface area contributed by atoms with Gasteiger partial charge in [-0.2, -0.15) is 0 Å². The van der Waals surface area contributed by atoms with Crippen molar-refractivity contribution in [2.45, 2.75) is 12.5 Å². The molecule has 4 heteroatoms. The largest absolute Gasteiger partial charge is 0.469 e. The quantitative estimate of drug-likeness (QED) is 0.488. The van der Waals surface area contributed by atoms with Gasteiger partial charge in [0.05, 0.1) is 19.1 Å². The molecule has 0 spiro atoms. The van der Waals surface area contributed by atoms with Crippen molar-refractivity contribution in [2.75, 3.05) is 20.2 Å². The van der Waals surface area contributed by atoms with Crippen LogP contribution in [0.2, 0.25) is 0 Å². The summed E-state index contributed by atoms with van der Waals surface area (Å²) in [6.07, 6.45) is 0.0737. The lowest BCUT2D eigenvalue weighted by molar-refractivity contribution is -0.150. The van der Waals surface area contributed by atoms with E-state index in [1.54, 1.807) is 0 Å². The molecule has 0 aromatic heterocycles. The lowest BCUT2D eigenvalue weighted by Crippen LogP contribution is -2.44. The minimum absolute atomic E-state index is 0.306. The van der Waals surface area contributed by atoms with E-state index >= 15 is 0 Å². The molecule has 2 N–H and O–H groups in total. The predicted molar refractivity (Wildman–Crippen MR) is 39.0 cm³/mol. The van der Waals surface area contributed by atoms with Gasteiger partial charge in [-0.05, 0) is 13.0 Å². The maximum atomic E-state index is 11.0. The Morgan fingerprint density at radius 1 is 1.73 bits per heavy atom. The van der Waals surface area contributed by atoms with Gasteiger partial charge in [-0.3, -0.25) is 4.79 Å². The second-order valence-electron chi connectivity index (χ2n) is 2.69. The third-order valence-electron chi connectivity index (χ3n) is 1.95. The van der Waals surface area contributed by atoms with Crippen LogP contribution in [0.1, 0.15) is 6.42 Å². The number of esters is 1. The first kappa shape index (κ1) is 8.49. The van der Waals surface area contributed by atoms with Crippen molar-refractivity contribution >= 4 is 5.97 Å². The van der Waals surface area contributed by atoms with Crippen molar-refractivity contribution in [3.63, 3.8) is 0 Å². The van der Waals surface area contributed by atoms with Gasteiger partial charge >= 0.3 is 5.97 Å². The topological polar surface area (TPSA) is 58.6 Å². The maximum Gasteiger partial charge on any atom is 0.311 e. The highest BCUT2D eigenvalue weighted by Gasteiger charge is 2.29. The van der Waals surface area contributed by atoms with E-state index in [-0.39, 0.29) is 11.9 Å². The molecule has 1 aliphatic heterocycles. The van der Waals surface area contributed by atoms with Gasteiger partial charge in [0.1, 0.15) is 0 Å². The second-order valence-corrected chi connectivity index (χ2v) is 2.69. The molecule has 1 fully saturated rings. The molecule has 0 radical (unpaired) electrons. The molecule has 1 saturated heterocycles. The molecule has 2 atom stereocenters. The third kappa shape index (κ3) is 1.91. The first-order chi connectivity index (χ1) is 5.25. The van der Waals surface area contributed by atoms with Crippen molar-refractivity contribution in [2.24, 2.45) is 5.92 Å². The Kier molecular flexibility index (Phi) is 2.84. The Morgan fingerprint density at radius 2 is 2.45 bits per heavy atom. The predicted octanol–water partition coefficient (Wildman–Crippen LogP) is -0.870. The highest BCUT2D eigenvalue weighted by Crippen LogP contribution is 2.13. The standard InChI is InChI=1S/C7H13NO3/c1-11-7(10)5-2-3-8-4-6(5)9/h5-6,8-9H,2-4H2,1H3. The summed E-state index contributed by atoms with van der Waals surface area (Å²) in [4.78, 5) is 11.0. The van der Waals surface area contributed by atoms with E-state index < -0.39 is 6.10 Å². The lowest BCUT2D eigenvalue weighted by atomic mass is 9.95. The first-order valence-corrected chi connectivity index (χ1v) is 3.72. The van der Waals surface area contributed by atoms with Gasteiger partial charge in [0.25, 0.3) is 0 Å². The fourth-order valence-electron chi connectivity index (χ4n) is 1.27. The number of rotatable bonds is 1. The number of aliphatic hydroxyl groups excluding tert-OH is 1. The zero-order valence-corrected chi connectivity index (χ0v) is 6.54. The monoisotopic (exact) mass is 159 g/mol. The van der Waals surface area contributed by atoms with Gasteiger partial charge in [-0.15, -0.1) is 0 Å². The molecule has 4 nitrogen and oxygen atoms in total. The minimum Gasteiger partial charge on any atom is -0.469 e. The fraction of sp³-hybridized carbons (Fsp3) is 0.857. The van der Waals surface area contributed by atoms with E-state index in [4.69, 9.17) is 0 Å². The molecule has 0 saturated carbocycles. The normalized spacial score (nSPS) is 31.5. The maximum absolute atomic E-state index is 11.0. The molecule has 2 unspecified atom stereocenters. The van der Waals surface area contributed by atoms with Crippen LogP contribution in [0, 0.1) is 5.92 Å². The molecule has 64 valence electrons. The Hall–Kier alpha value is -0.610. The molecule has 0 amide bonds. The van der Waals surface area contributed by atoms with Gasteiger partial charge < -0.3 is 15.2 Å². The van der Waals surface area contributed by atoms with E-state index in [0.717, 1.165) is 6.54 Å². The number of methoxy groups -OCH3 is 1. The summed E-state index contributed by atoms with van der Waals surface area (Å²) in [5.74, 6) is -0.639. The minimum atomic E-state index is -0.587. The van der Waals surface area contributed by atoms with Gasteiger partial charge in [0.2, 0.25) is 0 Å². The van der Waals surface area contributed by atoms with Crippen molar-refractivity contribution < 1.29 is 14.6 Å². The third-order valence-corrected chi connectivity index (χ3v) is 1.95. The average Bonchev–Trinajstić information content (AvgIpc) is 2.04. The Bertz CT molecular complexity index is 149. The number of hydrogen-bond donors (Lipinski definition) is 2. The van der Waals surface area contributed by atoms with Crippen LogP contribution in [-0.4, -0.2) is 37.4 Å². The number of hydrogen-bond acceptors (Lipinski definition) is 4. The smallest absolute Gasteiger partial charge is 0.311 e. The lowest BCUT2D eigenvalue weighted by Gasteiger charge is -2.25. The van der Waals surface area contributed by atoms with Crippen LogP contribution in [0.4, 0.5) is 0 Å². The molecular weight excluding hydrogens is 146 g/mol. The molecule has 1 aliphatic rings. The molecule has 0 aromatic rings. The zero-order valence-electron chi connectivity index (χ0n) is 6.54. The summed E-state index contributed by atoms with van der Waals surface area (Å²) in [6.45, 7) is 1.26. The number of carbonyl (C=O) groups is 1. The van der Waals surface area contributed by atoms with E-state index in [1.165, 1.54) is 7.11 Å². The van der Waals surface area contributed by atoms with Gasteiger partial charge in [-0.25, -0.2) is 0 Å². The number of ether oxygens (including phenoxy) is 1. The number of β-amino-alcohol motifs (C(OH)–C–C–N with tert-alkyl or cyclic N) is 1. The molecule has 1 heterocycles. The summed E-state index contributed by atoms with van der Waals surface area (Å²) >= 11 is 0. The summed E-state index contributed by atoms with van der Waals surface area (Å²) < 4.78 is 4.53. The van der Waals surface area contributed by atoms with Crippen molar-refractivity contribution in [3.8, 4) is 0 Å². The number of nitrogens with one attached hydrogen (secondary N) is 1. The Morgan fingerprint density at radius 3 is 3.00 bits per heavy atom. The van der Waals surface area contributed by atoms with Gasteiger partial charge in [0, 0.05) is 6.54 Å². The van der Waals surface area contributed by atoms with E-state index in [9.17, 15) is 9.90 Å². The molecule has 0 aromatic carbocycles. The Balaban J connectivity index is 2.47. The van der Waals surface area contributed by atoms with Crippen molar-refractivity contribution in [1.29, 1.82) is 0 Å². The van der Waals surface area contributed by atoms with Crippen molar-refractivity contribution in [3.05, 3.63) is 0 Å². The fourth-order valence-corrected chi connectivity index (χ4v) is 1.27. The van der Waals surface area contributed by atoms with Crippen LogP contribution in [0.15, 0.2) is 0 Å². The van der Waals surface area contributed by atoms with Crippen LogP contribution in [0.25, 0.3) is 0 Å². The van der Waals surface area contributed by atoms with Crippen LogP contribution < -0.4 is 5.32 Å². The van der Waals surface area contributed by atoms with Gasteiger partial charge in [0.15, 0.2) is 0 Å². The average molecular weight is 159 g/mol. The van der Waals surface area contributed by atoms with Crippen LogP contribution >= 0.6 is 0 Å². The molecule has 0 aliphatic carbocycles. The molecule has 0 bridgehead atoms. The van der Waals surface area contributed by atoms with Crippen LogP contribution in [0.5, 0.6) is 0 Å². The summed E-state index contributed by atoms with van der Waals surface area (Å²) in [7, 11) is 1.34. The van der Waals surface area contributed by atoms with Crippen LogP contribution in [0.3, 0.4) is 0 Å². The molecular formula is C7H13NO3. The van der Waals surface area contributed by atoms with Crippen molar-refractivity contribution in [1.82, 2.24) is 5.32 Å². The van der Waals surface area contributed by atoms with Crippen LogP contribution in [-0.2, 0) is 9.53 Å².